The molecule has 11 heteroatoms. The molecule has 0 spiro atoms. The predicted octanol–water partition coefficient (Wildman–Crippen LogP) is 3.42. The van der Waals surface area contributed by atoms with Gasteiger partial charge in [0.15, 0.2) is 0 Å². The molecule has 0 amide bonds. The van der Waals surface area contributed by atoms with Crippen molar-refractivity contribution in [1.82, 2.24) is 0 Å². The second-order valence-corrected chi connectivity index (χ2v) is 9.66. The minimum absolute atomic E-state index is 0.164. The Kier molecular flexibility index (Phi) is 6.66. The molecule has 2 aromatic rings. The standard InChI is InChI=1S/C19H19BrF3NO5S/c20-14-4-5-18-17(8-14)24(9-15(29-18)6-12(10-25)11-26)30(27,28)16-3-1-2-13(7-16)19(21,22)23/h1-5,7-8,12,15,25-26H,6,9-11H2/t15-/m0/s1. The van der Waals surface area contributed by atoms with Crippen LogP contribution in [0.2, 0.25) is 0 Å². The molecule has 0 fully saturated rings. The van der Waals surface area contributed by atoms with Crippen LogP contribution in [0.25, 0.3) is 0 Å². The summed E-state index contributed by atoms with van der Waals surface area (Å²) in [6, 6.07) is 8.26. The largest absolute Gasteiger partial charge is 0.486 e. The fourth-order valence-corrected chi connectivity index (χ4v) is 5.07. The van der Waals surface area contributed by atoms with E-state index in [1.54, 1.807) is 12.1 Å². The lowest BCUT2D eigenvalue weighted by molar-refractivity contribution is -0.137. The number of ether oxygens (including phenoxy) is 1. The molecular formula is C19H19BrF3NO5S. The van der Waals surface area contributed by atoms with E-state index < -0.39 is 38.7 Å². The third kappa shape index (κ3) is 4.74. The lowest BCUT2D eigenvalue weighted by Gasteiger charge is -2.36. The van der Waals surface area contributed by atoms with Crippen molar-refractivity contribution in [2.75, 3.05) is 24.1 Å². The summed E-state index contributed by atoms with van der Waals surface area (Å²) in [5.74, 6) is -0.287. The van der Waals surface area contributed by atoms with E-state index in [9.17, 15) is 31.8 Å². The Bertz CT molecular complexity index is 1010. The highest BCUT2D eigenvalue weighted by atomic mass is 79.9. The zero-order chi connectivity index (χ0) is 22.1. The third-order valence-corrected chi connectivity index (χ3v) is 6.98. The molecule has 2 N–H and O–H groups in total. The third-order valence-electron chi connectivity index (χ3n) is 4.71. The van der Waals surface area contributed by atoms with Crippen LogP contribution in [0.4, 0.5) is 18.9 Å². The maximum absolute atomic E-state index is 13.3. The summed E-state index contributed by atoms with van der Waals surface area (Å²) in [6.07, 6.45) is -5.23. The average molecular weight is 510 g/mol. The summed E-state index contributed by atoms with van der Waals surface area (Å²) >= 11 is 3.26. The number of fused-ring (bicyclic) bond motifs is 1. The molecule has 1 atom stereocenters. The second kappa shape index (κ2) is 8.74. The van der Waals surface area contributed by atoms with Gasteiger partial charge in [-0.25, -0.2) is 8.42 Å². The molecule has 0 saturated heterocycles. The lowest BCUT2D eigenvalue weighted by Crippen LogP contribution is -2.44. The summed E-state index contributed by atoms with van der Waals surface area (Å²) in [5.41, 5.74) is -0.883. The Balaban J connectivity index is 2.05. The molecule has 0 saturated carbocycles. The zero-order valence-electron chi connectivity index (χ0n) is 15.5. The molecule has 1 aliphatic rings. The first-order valence-corrected chi connectivity index (χ1v) is 11.2. The number of alkyl halides is 3. The molecule has 0 radical (unpaired) electrons. The average Bonchev–Trinajstić information content (AvgIpc) is 2.71. The van der Waals surface area contributed by atoms with E-state index in [2.05, 4.69) is 15.9 Å². The van der Waals surface area contributed by atoms with Gasteiger partial charge in [0.2, 0.25) is 0 Å². The molecule has 0 unspecified atom stereocenters. The van der Waals surface area contributed by atoms with Crippen LogP contribution in [0.1, 0.15) is 12.0 Å². The van der Waals surface area contributed by atoms with E-state index in [-0.39, 0.29) is 37.6 Å². The monoisotopic (exact) mass is 509 g/mol. The van der Waals surface area contributed by atoms with Gasteiger partial charge in [0.1, 0.15) is 11.9 Å². The van der Waals surface area contributed by atoms with Gasteiger partial charge in [-0.15, -0.1) is 0 Å². The smallest absolute Gasteiger partial charge is 0.416 e. The minimum Gasteiger partial charge on any atom is -0.486 e. The van der Waals surface area contributed by atoms with Crippen LogP contribution in [0, 0.1) is 5.92 Å². The highest BCUT2D eigenvalue weighted by Gasteiger charge is 2.37. The number of hydrogen-bond acceptors (Lipinski definition) is 5. The summed E-state index contributed by atoms with van der Waals surface area (Å²) < 4.78 is 73.3. The number of rotatable bonds is 6. The Morgan fingerprint density at radius 3 is 2.50 bits per heavy atom. The molecule has 164 valence electrons. The van der Waals surface area contributed by atoms with Crippen LogP contribution in [-0.2, 0) is 16.2 Å². The SMILES string of the molecule is O=S(=O)(c1cccc(C(F)(F)F)c1)N1C[C@H](CC(CO)CO)Oc2ccc(Br)cc21. The number of aliphatic hydroxyl groups excluding tert-OH is 2. The van der Waals surface area contributed by atoms with Crippen molar-refractivity contribution < 1.29 is 36.5 Å². The summed E-state index contributed by atoms with van der Waals surface area (Å²) in [4.78, 5) is -0.496. The van der Waals surface area contributed by atoms with Gasteiger partial charge in [0.25, 0.3) is 10.0 Å². The maximum atomic E-state index is 13.3. The van der Waals surface area contributed by atoms with Gasteiger partial charge in [-0.1, -0.05) is 22.0 Å². The number of nitrogens with zero attached hydrogens (tertiary/aromatic N) is 1. The number of hydrogen-bond donors (Lipinski definition) is 2. The number of aliphatic hydroxyl groups is 2. The molecule has 1 aliphatic heterocycles. The van der Waals surface area contributed by atoms with Gasteiger partial charge >= 0.3 is 6.18 Å². The molecule has 6 nitrogen and oxygen atoms in total. The number of benzene rings is 2. The second-order valence-electron chi connectivity index (χ2n) is 6.88. The van der Waals surface area contributed by atoms with Gasteiger partial charge in [-0.05, 0) is 42.8 Å². The quantitative estimate of drug-likeness (QED) is 0.622. The van der Waals surface area contributed by atoms with Crippen LogP contribution in [0.15, 0.2) is 51.8 Å². The van der Waals surface area contributed by atoms with Gasteiger partial charge in [-0.2, -0.15) is 13.2 Å². The van der Waals surface area contributed by atoms with Crippen LogP contribution in [0.5, 0.6) is 5.75 Å². The first-order chi connectivity index (χ1) is 14.1. The van der Waals surface area contributed by atoms with E-state index in [1.165, 1.54) is 6.07 Å². The van der Waals surface area contributed by atoms with E-state index in [1.807, 2.05) is 0 Å². The van der Waals surface area contributed by atoms with Gasteiger partial charge < -0.3 is 14.9 Å². The van der Waals surface area contributed by atoms with Crippen molar-refractivity contribution >= 4 is 31.6 Å². The van der Waals surface area contributed by atoms with E-state index >= 15 is 0 Å². The fourth-order valence-electron chi connectivity index (χ4n) is 3.17. The van der Waals surface area contributed by atoms with Crippen molar-refractivity contribution in [3.05, 3.63) is 52.5 Å². The van der Waals surface area contributed by atoms with E-state index in [4.69, 9.17) is 4.74 Å². The molecule has 30 heavy (non-hydrogen) atoms. The Hall–Kier alpha value is -1.82. The first kappa shape index (κ1) is 22.9. The van der Waals surface area contributed by atoms with Crippen molar-refractivity contribution in [3.63, 3.8) is 0 Å². The summed E-state index contributed by atoms with van der Waals surface area (Å²) in [5, 5.41) is 18.7. The van der Waals surface area contributed by atoms with E-state index in [0.717, 1.165) is 22.5 Å². The Morgan fingerprint density at radius 1 is 1.17 bits per heavy atom. The number of anilines is 1. The maximum Gasteiger partial charge on any atom is 0.416 e. The Labute approximate surface area is 180 Å². The predicted molar refractivity (Wildman–Crippen MR) is 107 cm³/mol. The van der Waals surface area contributed by atoms with Crippen molar-refractivity contribution in [2.45, 2.75) is 23.6 Å². The molecule has 1 heterocycles. The lowest BCUT2D eigenvalue weighted by atomic mass is 10.0. The highest BCUT2D eigenvalue weighted by molar-refractivity contribution is 9.10. The fraction of sp³-hybridized carbons (Fsp3) is 0.368. The van der Waals surface area contributed by atoms with Crippen LogP contribution in [0.3, 0.4) is 0 Å². The topological polar surface area (TPSA) is 87.1 Å². The molecule has 0 aromatic heterocycles. The van der Waals surface area contributed by atoms with Crippen LogP contribution in [-0.4, -0.2) is 44.5 Å². The van der Waals surface area contributed by atoms with Crippen LogP contribution >= 0.6 is 15.9 Å². The summed E-state index contributed by atoms with van der Waals surface area (Å²) in [6.45, 7) is -0.813. The molecule has 0 aliphatic carbocycles. The summed E-state index contributed by atoms with van der Waals surface area (Å²) in [7, 11) is -4.35. The molecular weight excluding hydrogens is 491 g/mol. The highest BCUT2D eigenvalue weighted by Crippen LogP contribution is 2.40. The molecule has 2 aromatic carbocycles. The first-order valence-electron chi connectivity index (χ1n) is 8.94. The van der Waals surface area contributed by atoms with Crippen molar-refractivity contribution in [3.8, 4) is 5.75 Å². The normalized spacial score (nSPS) is 17.0. The van der Waals surface area contributed by atoms with E-state index in [0.29, 0.717) is 10.5 Å². The molecule has 0 bridgehead atoms. The van der Waals surface area contributed by atoms with Gasteiger partial charge in [-0.3, -0.25) is 4.31 Å². The van der Waals surface area contributed by atoms with Crippen molar-refractivity contribution in [2.24, 2.45) is 5.92 Å². The van der Waals surface area contributed by atoms with Crippen molar-refractivity contribution in [1.29, 1.82) is 0 Å². The van der Waals surface area contributed by atoms with Gasteiger partial charge in [0, 0.05) is 23.6 Å². The zero-order valence-corrected chi connectivity index (χ0v) is 17.9. The molecule has 3 rings (SSSR count). The van der Waals surface area contributed by atoms with Crippen LogP contribution < -0.4 is 9.04 Å². The van der Waals surface area contributed by atoms with Gasteiger partial charge in [0.05, 0.1) is 22.7 Å². The number of sulfonamides is 1. The Morgan fingerprint density at radius 2 is 1.87 bits per heavy atom. The number of halogens is 4. The minimum atomic E-state index is -4.69.